The molecule has 0 bridgehead atoms. The van der Waals surface area contributed by atoms with Crippen LogP contribution in [0.2, 0.25) is 0 Å². The van der Waals surface area contributed by atoms with E-state index in [0.29, 0.717) is 26.2 Å². The van der Waals surface area contributed by atoms with Crippen LogP contribution in [-0.2, 0) is 6.18 Å². The number of hydrogen-bond acceptors (Lipinski definition) is 4. The van der Waals surface area contributed by atoms with Gasteiger partial charge in [-0.1, -0.05) is 0 Å². The molecule has 3 nitrogen and oxygen atoms in total. The molecule has 0 amide bonds. The van der Waals surface area contributed by atoms with Crippen molar-refractivity contribution < 1.29 is 13.2 Å². The molecule has 0 aliphatic carbocycles. The summed E-state index contributed by atoms with van der Waals surface area (Å²) in [7, 11) is 0. The lowest BCUT2D eigenvalue weighted by Gasteiger charge is -2.37. The van der Waals surface area contributed by atoms with Gasteiger partial charge >= 0.3 is 6.18 Å². The van der Waals surface area contributed by atoms with Gasteiger partial charge in [-0.05, 0) is 35.7 Å². The first-order valence-electron chi connectivity index (χ1n) is 7.14. The molecule has 3 rings (SSSR count). The lowest BCUT2D eigenvalue weighted by Crippen LogP contribution is -2.46. The molecule has 2 heterocycles. The number of piperazine rings is 1. The average Bonchev–Trinajstić information content (AvgIpc) is 3.08. The molecule has 0 N–H and O–H groups in total. The molecule has 1 aromatic heterocycles. The minimum atomic E-state index is -4.42. The van der Waals surface area contributed by atoms with E-state index in [9.17, 15) is 13.2 Å². The highest BCUT2D eigenvalue weighted by atomic mass is 32.1. The Hall–Kier alpha value is -2.20. The molecular weight excluding hydrogens is 323 g/mol. The van der Waals surface area contributed by atoms with Crippen molar-refractivity contribution in [3.63, 3.8) is 0 Å². The monoisotopic (exact) mass is 337 g/mol. The van der Waals surface area contributed by atoms with Gasteiger partial charge in [0, 0.05) is 26.2 Å². The fraction of sp³-hybridized carbons (Fsp3) is 0.312. The summed E-state index contributed by atoms with van der Waals surface area (Å²) in [6.45, 7) is 2.31. The molecule has 0 unspecified atom stereocenters. The van der Waals surface area contributed by atoms with E-state index >= 15 is 0 Å². The van der Waals surface area contributed by atoms with Gasteiger partial charge in [-0.25, -0.2) is 0 Å². The molecule has 0 atom stereocenters. The lowest BCUT2D eigenvalue weighted by atomic mass is 10.1. The topological polar surface area (TPSA) is 30.3 Å². The van der Waals surface area contributed by atoms with Gasteiger partial charge in [0.15, 0.2) is 0 Å². The quantitative estimate of drug-likeness (QED) is 0.831. The van der Waals surface area contributed by atoms with Crippen molar-refractivity contribution in [1.29, 1.82) is 5.26 Å². The highest BCUT2D eigenvalue weighted by Gasteiger charge is 2.35. The molecular formula is C16H14F3N3S. The normalized spacial score (nSPS) is 15.6. The molecule has 120 valence electrons. The molecule has 1 saturated heterocycles. The molecule has 0 spiro atoms. The second kappa shape index (κ2) is 6.13. The van der Waals surface area contributed by atoms with E-state index in [2.05, 4.69) is 4.90 Å². The minimum absolute atomic E-state index is 0.0994. The van der Waals surface area contributed by atoms with Crippen LogP contribution in [0.15, 0.2) is 35.7 Å². The number of nitriles is 1. The van der Waals surface area contributed by atoms with E-state index in [1.807, 2.05) is 23.6 Å². The first-order valence-corrected chi connectivity index (χ1v) is 8.02. The predicted octanol–water partition coefficient (Wildman–Crippen LogP) is 3.97. The molecule has 1 fully saturated rings. The SMILES string of the molecule is N#Cc1ccc(C(F)(F)F)c(N2CCN(c3cccs3)CC2)c1. The molecule has 1 aliphatic rings. The van der Waals surface area contributed by atoms with E-state index < -0.39 is 11.7 Å². The number of anilines is 2. The Morgan fingerprint density at radius 2 is 1.74 bits per heavy atom. The standard InChI is InChI=1S/C16H14F3N3S/c17-16(18,19)13-4-3-12(11-20)10-14(13)21-5-7-22(8-6-21)15-2-1-9-23-15/h1-4,9-10H,5-8H2. The van der Waals surface area contributed by atoms with Crippen LogP contribution in [0.1, 0.15) is 11.1 Å². The average molecular weight is 337 g/mol. The highest BCUT2D eigenvalue weighted by Crippen LogP contribution is 2.37. The minimum Gasteiger partial charge on any atom is -0.367 e. The number of halogens is 3. The highest BCUT2D eigenvalue weighted by molar-refractivity contribution is 7.14. The number of nitrogens with zero attached hydrogens (tertiary/aromatic N) is 3. The summed E-state index contributed by atoms with van der Waals surface area (Å²) in [5.41, 5.74) is -0.336. The number of hydrogen-bond donors (Lipinski definition) is 0. The Bertz CT molecular complexity index is 711. The van der Waals surface area contributed by atoms with Crippen molar-refractivity contribution in [3.8, 4) is 6.07 Å². The molecule has 2 aromatic rings. The fourth-order valence-electron chi connectivity index (χ4n) is 2.72. The van der Waals surface area contributed by atoms with Crippen LogP contribution in [0.3, 0.4) is 0 Å². The van der Waals surface area contributed by atoms with Crippen LogP contribution in [-0.4, -0.2) is 26.2 Å². The van der Waals surface area contributed by atoms with E-state index in [-0.39, 0.29) is 11.3 Å². The maximum Gasteiger partial charge on any atom is 0.418 e. The maximum atomic E-state index is 13.2. The largest absolute Gasteiger partial charge is 0.418 e. The predicted molar refractivity (Wildman–Crippen MR) is 84.9 cm³/mol. The fourth-order valence-corrected chi connectivity index (χ4v) is 3.51. The number of thiophene rings is 1. The first kappa shape index (κ1) is 15.7. The summed E-state index contributed by atoms with van der Waals surface area (Å²) in [6.07, 6.45) is -4.42. The van der Waals surface area contributed by atoms with Crippen molar-refractivity contribution in [1.82, 2.24) is 0 Å². The van der Waals surface area contributed by atoms with E-state index in [1.54, 1.807) is 16.2 Å². The zero-order valence-corrected chi connectivity index (χ0v) is 13.0. The van der Waals surface area contributed by atoms with Gasteiger partial charge < -0.3 is 9.80 Å². The Balaban J connectivity index is 1.83. The summed E-state index contributed by atoms with van der Waals surface area (Å²) in [4.78, 5) is 3.89. The summed E-state index contributed by atoms with van der Waals surface area (Å²) >= 11 is 1.62. The van der Waals surface area contributed by atoms with Gasteiger partial charge in [-0.3, -0.25) is 0 Å². The summed E-state index contributed by atoms with van der Waals surface area (Å²) in [6, 6.07) is 9.44. The zero-order chi connectivity index (χ0) is 16.4. The van der Waals surface area contributed by atoms with E-state index in [1.165, 1.54) is 12.1 Å². The van der Waals surface area contributed by atoms with Crippen LogP contribution in [0.4, 0.5) is 23.9 Å². The smallest absolute Gasteiger partial charge is 0.367 e. The number of rotatable bonds is 2. The Labute approximate surface area is 136 Å². The number of benzene rings is 1. The molecule has 0 radical (unpaired) electrons. The van der Waals surface area contributed by atoms with Gasteiger partial charge in [0.1, 0.15) is 0 Å². The van der Waals surface area contributed by atoms with Gasteiger partial charge in [-0.15, -0.1) is 11.3 Å². The van der Waals surface area contributed by atoms with Gasteiger partial charge in [-0.2, -0.15) is 18.4 Å². The van der Waals surface area contributed by atoms with Crippen LogP contribution in [0.25, 0.3) is 0 Å². The van der Waals surface area contributed by atoms with Gasteiger partial charge in [0.05, 0.1) is 27.9 Å². The van der Waals surface area contributed by atoms with Crippen molar-refractivity contribution in [2.45, 2.75) is 6.18 Å². The van der Waals surface area contributed by atoms with Gasteiger partial charge in [0.25, 0.3) is 0 Å². The van der Waals surface area contributed by atoms with Gasteiger partial charge in [0.2, 0.25) is 0 Å². The Morgan fingerprint density at radius 3 is 2.30 bits per heavy atom. The second-order valence-electron chi connectivity index (χ2n) is 5.27. The maximum absolute atomic E-state index is 13.2. The second-order valence-corrected chi connectivity index (χ2v) is 6.19. The third-order valence-electron chi connectivity index (χ3n) is 3.87. The summed E-state index contributed by atoms with van der Waals surface area (Å²) in [5, 5.41) is 12.1. The van der Waals surface area contributed by atoms with Crippen molar-refractivity contribution >= 4 is 22.0 Å². The third-order valence-corrected chi connectivity index (χ3v) is 4.80. The molecule has 0 saturated carbocycles. The van der Waals surface area contributed by atoms with Crippen LogP contribution >= 0.6 is 11.3 Å². The number of alkyl halides is 3. The molecule has 23 heavy (non-hydrogen) atoms. The van der Waals surface area contributed by atoms with E-state index in [4.69, 9.17) is 5.26 Å². The lowest BCUT2D eigenvalue weighted by molar-refractivity contribution is -0.137. The summed E-state index contributed by atoms with van der Waals surface area (Å²) < 4.78 is 39.7. The van der Waals surface area contributed by atoms with Crippen molar-refractivity contribution in [3.05, 3.63) is 46.8 Å². The Morgan fingerprint density at radius 1 is 1.04 bits per heavy atom. The van der Waals surface area contributed by atoms with Crippen molar-refractivity contribution in [2.24, 2.45) is 0 Å². The molecule has 1 aromatic carbocycles. The van der Waals surface area contributed by atoms with Crippen LogP contribution in [0.5, 0.6) is 0 Å². The summed E-state index contributed by atoms with van der Waals surface area (Å²) in [5.74, 6) is 0. The van der Waals surface area contributed by atoms with E-state index in [0.717, 1.165) is 11.1 Å². The molecule has 1 aliphatic heterocycles. The Kier molecular flexibility index (Phi) is 4.18. The van der Waals surface area contributed by atoms with Crippen LogP contribution in [0, 0.1) is 11.3 Å². The molecule has 7 heteroatoms. The van der Waals surface area contributed by atoms with Crippen LogP contribution < -0.4 is 9.80 Å². The third kappa shape index (κ3) is 3.27. The first-order chi connectivity index (χ1) is 11.0. The van der Waals surface area contributed by atoms with Crippen molar-refractivity contribution in [2.75, 3.05) is 36.0 Å². The zero-order valence-electron chi connectivity index (χ0n) is 12.2.